The zero-order valence-corrected chi connectivity index (χ0v) is 17.0. The van der Waals surface area contributed by atoms with Crippen molar-refractivity contribution in [3.05, 3.63) is 66.0 Å². The molecule has 1 heterocycles. The molecule has 5 nitrogen and oxygen atoms in total. The highest BCUT2D eigenvalue weighted by Gasteiger charge is 2.12. The van der Waals surface area contributed by atoms with Crippen LogP contribution in [-0.4, -0.2) is 28.4 Å². The van der Waals surface area contributed by atoms with E-state index in [1.54, 1.807) is 12.1 Å². The van der Waals surface area contributed by atoms with Gasteiger partial charge in [0.15, 0.2) is 4.34 Å². The predicted molar refractivity (Wildman–Crippen MR) is 113 cm³/mol. The van der Waals surface area contributed by atoms with Crippen molar-refractivity contribution in [1.29, 1.82) is 0 Å². The number of nitrogens with zero attached hydrogens (tertiary/aromatic N) is 2. The second-order valence-corrected chi connectivity index (χ2v) is 8.31. The second-order valence-electron chi connectivity index (χ2n) is 6.11. The van der Waals surface area contributed by atoms with Gasteiger partial charge in [0.2, 0.25) is 11.0 Å². The summed E-state index contributed by atoms with van der Waals surface area (Å²) < 4.78 is 13.6. The maximum Gasteiger partial charge on any atom is 0.230 e. The Morgan fingerprint density at radius 3 is 2.61 bits per heavy atom. The van der Waals surface area contributed by atoms with Crippen LogP contribution in [0.15, 0.2) is 58.9 Å². The van der Waals surface area contributed by atoms with Crippen LogP contribution < -0.4 is 10.6 Å². The van der Waals surface area contributed by atoms with E-state index in [9.17, 15) is 9.18 Å². The Balaban J connectivity index is 1.44. The maximum atomic E-state index is 12.9. The molecule has 0 bridgehead atoms. The summed E-state index contributed by atoms with van der Waals surface area (Å²) in [6, 6.07) is 16.2. The van der Waals surface area contributed by atoms with Gasteiger partial charge in [-0.3, -0.25) is 4.79 Å². The first-order chi connectivity index (χ1) is 13.6. The van der Waals surface area contributed by atoms with E-state index in [2.05, 4.69) is 39.9 Å². The zero-order chi connectivity index (χ0) is 19.8. The zero-order valence-electron chi connectivity index (χ0n) is 15.4. The van der Waals surface area contributed by atoms with Crippen molar-refractivity contribution < 1.29 is 9.18 Å². The normalized spacial score (nSPS) is 11.8. The van der Waals surface area contributed by atoms with Crippen molar-refractivity contribution >= 4 is 39.8 Å². The fraction of sp³-hybridized carbons (Fsp3) is 0.250. The molecule has 0 radical (unpaired) electrons. The van der Waals surface area contributed by atoms with Gasteiger partial charge in [0.05, 0.1) is 5.75 Å². The average molecular weight is 417 g/mol. The molecule has 0 fully saturated rings. The van der Waals surface area contributed by atoms with E-state index in [0.29, 0.717) is 21.9 Å². The molecule has 0 saturated carbocycles. The number of carbonyl (C=O) groups is 1. The van der Waals surface area contributed by atoms with Crippen LogP contribution in [-0.2, 0) is 4.79 Å². The molecule has 2 N–H and O–H groups in total. The number of amides is 1. The van der Waals surface area contributed by atoms with Gasteiger partial charge in [-0.15, -0.1) is 10.2 Å². The molecule has 0 aliphatic heterocycles. The molecular formula is C20H21FN4OS2. The summed E-state index contributed by atoms with van der Waals surface area (Å²) in [5, 5.41) is 14.8. The minimum atomic E-state index is -0.289. The minimum Gasteiger partial charge on any atom is -0.355 e. The van der Waals surface area contributed by atoms with Crippen LogP contribution in [0.3, 0.4) is 0 Å². The smallest absolute Gasteiger partial charge is 0.230 e. The van der Waals surface area contributed by atoms with Crippen LogP contribution in [0.25, 0.3) is 0 Å². The molecule has 0 aliphatic carbocycles. The summed E-state index contributed by atoms with van der Waals surface area (Å²) in [6.45, 7) is 2.74. The highest BCUT2D eigenvalue weighted by atomic mass is 32.2. The number of anilines is 2. The van der Waals surface area contributed by atoms with E-state index in [-0.39, 0.29) is 17.5 Å². The number of benzene rings is 2. The fourth-order valence-electron chi connectivity index (χ4n) is 2.61. The molecule has 2 aromatic carbocycles. The SMILES string of the molecule is CCC(CNC(=O)CSc1nnc(Nc2ccc(F)cc2)s1)c1ccccc1. The lowest BCUT2D eigenvalue weighted by atomic mass is 9.96. The van der Waals surface area contributed by atoms with E-state index in [1.807, 2.05) is 18.2 Å². The number of carbonyl (C=O) groups excluding carboxylic acids is 1. The molecular weight excluding hydrogens is 395 g/mol. The number of halogens is 1. The largest absolute Gasteiger partial charge is 0.355 e. The van der Waals surface area contributed by atoms with Crippen molar-refractivity contribution in [3.8, 4) is 0 Å². The van der Waals surface area contributed by atoms with Gasteiger partial charge in [0, 0.05) is 18.2 Å². The molecule has 8 heteroatoms. The fourth-order valence-corrected chi connectivity index (χ4v) is 4.22. The number of hydrogen-bond donors (Lipinski definition) is 2. The molecule has 1 atom stereocenters. The standard InChI is InChI=1S/C20H21FN4OS2/c1-2-14(15-6-4-3-5-7-15)12-22-18(26)13-27-20-25-24-19(28-20)23-17-10-8-16(21)9-11-17/h3-11,14H,2,12-13H2,1H3,(H,22,26)(H,23,24). The number of thioether (sulfide) groups is 1. The quantitative estimate of drug-likeness (QED) is 0.490. The number of aromatic nitrogens is 2. The Kier molecular flexibility index (Phi) is 7.39. The van der Waals surface area contributed by atoms with Crippen LogP contribution in [0.5, 0.6) is 0 Å². The first kappa shape index (κ1) is 20.3. The van der Waals surface area contributed by atoms with E-state index < -0.39 is 0 Å². The number of hydrogen-bond acceptors (Lipinski definition) is 6. The third kappa shape index (κ3) is 6.03. The topological polar surface area (TPSA) is 66.9 Å². The summed E-state index contributed by atoms with van der Waals surface area (Å²) in [6.07, 6.45) is 0.965. The molecule has 3 aromatic rings. The molecule has 1 aromatic heterocycles. The summed E-state index contributed by atoms with van der Waals surface area (Å²) in [4.78, 5) is 12.2. The Morgan fingerprint density at radius 2 is 1.89 bits per heavy atom. The van der Waals surface area contributed by atoms with Gasteiger partial charge in [-0.1, -0.05) is 60.4 Å². The monoisotopic (exact) mass is 416 g/mol. The van der Waals surface area contributed by atoms with Crippen molar-refractivity contribution in [2.24, 2.45) is 0 Å². The first-order valence-electron chi connectivity index (χ1n) is 8.94. The predicted octanol–water partition coefficient (Wildman–Crippen LogP) is 4.82. The van der Waals surface area contributed by atoms with Gasteiger partial charge in [-0.25, -0.2) is 4.39 Å². The molecule has 0 spiro atoms. The molecule has 28 heavy (non-hydrogen) atoms. The van der Waals surface area contributed by atoms with Crippen LogP contribution >= 0.6 is 23.1 Å². The summed E-state index contributed by atoms with van der Waals surface area (Å²) in [7, 11) is 0. The van der Waals surface area contributed by atoms with Crippen LogP contribution in [0.4, 0.5) is 15.2 Å². The van der Waals surface area contributed by atoms with Crippen molar-refractivity contribution in [1.82, 2.24) is 15.5 Å². The first-order valence-corrected chi connectivity index (χ1v) is 10.7. The Bertz CT molecular complexity index is 887. The van der Waals surface area contributed by atoms with Crippen molar-refractivity contribution in [2.45, 2.75) is 23.6 Å². The molecule has 1 unspecified atom stereocenters. The molecule has 3 rings (SSSR count). The lowest BCUT2D eigenvalue weighted by Crippen LogP contribution is -2.29. The lowest BCUT2D eigenvalue weighted by Gasteiger charge is -2.16. The van der Waals surface area contributed by atoms with Gasteiger partial charge < -0.3 is 10.6 Å². The summed E-state index contributed by atoms with van der Waals surface area (Å²) in [5.74, 6) is 0.282. The van der Waals surface area contributed by atoms with Crippen LogP contribution in [0.1, 0.15) is 24.8 Å². The molecule has 146 valence electrons. The van der Waals surface area contributed by atoms with Crippen LogP contribution in [0.2, 0.25) is 0 Å². The van der Waals surface area contributed by atoms with Gasteiger partial charge in [-0.2, -0.15) is 0 Å². The number of rotatable bonds is 9. The summed E-state index contributed by atoms with van der Waals surface area (Å²) in [5.41, 5.74) is 1.97. The molecule has 0 saturated heterocycles. The Labute approximate surface area is 171 Å². The highest BCUT2D eigenvalue weighted by molar-refractivity contribution is 8.01. The van der Waals surface area contributed by atoms with Crippen LogP contribution in [0, 0.1) is 5.82 Å². The van der Waals surface area contributed by atoms with E-state index >= 15 is 0 Å². The minimum absolute atomic E-state index is 0.0253. The molecule has 1 amide bonds. The van der Waals surface area contributed by atoms with Gasteiger partial charge >= 0.3 is 0 Å². The van der Waals surface area contributed by atoms with E-state index in [4.69, 9.17) is 0 Å². The average Bonchev–Trinajstić information content (AvgIpc) is 3.17. The van der Waals surface area contributed by atoms with Crippen molar-refractivity contribution in [2.75, 3.05) is 17.6 Å². The second kappa shape index (κ2) is 10.2. The van der Waals surface area contributed by atoms with Gasteiger partial charge in [0.25, 0.3) is 0 Å². The lowest BCUT2D eigenvalue weighted by molar-refractivity contribution is -0.118. The van der Waals surface area contributed by atoms with E-state index in [0.717, 1.165) is 12.1 Å². The Morgan fingerprint density at radius 1 is 1.14 bits per heavy atom. The summed E-state index contributed by atoms with van der Waals surface area (Å²) >= 11 is 2.71. The van der Waals surface area contributed by atoms with Gasteiger partial charge in [-0.05, 0) is 36.2 Å². The van der Waals surface area contributed by atoms with Gasteiger partial charge in [0.1, 0.15) is 5.82 Å². The maximum absolute atomic E-state index is 12.9. The highest BCUT2D eigenvalue weighted by Crippen LogP contribution is 2.27. The third-order valence-corrected chi connectivity index (χ3v) is 6.11. The van der Waals surface area contributed by atoms with Crippen molar-refractivity contribution in [3.63, 3.8) is 0 Å². The number of nitrogens with one attached hydrogen (secondary N) is 2. The van der Waals surface area contributed by atoms with E-state index in [1.165, 1.54) is 40.8 Å². The third-order valence-electron chi connectivity index (χ3n) is 4.14. The molecule has 0 aliphatic rings. The Hall–Kier alpha value is -2.45.